The van der Waals surface area contributed by atoms with Crippen LogP contribution in [0, 0.1) is 6.92 Å². The molecule has 1 aliphatic heterocycles. The van der Waals surface area contributed by atoms with Crippen LogP contribution < -0.4 is 5.32 Å². The van der Waals surface area contributed by atoms with Crippen LogP contribution in [-0.2, 0) is 32.2 Å². The van der Waals surface area contributed by atoms with Crippen molar-refractivity contribution in [1.29, 1.82) is 0 Å². The standard InChI is InChI=1S/C24H23N3O7/c1-4-33-21(28)13-26-14(2)17(16-7-5-6-8-19(16)26)11-18-22(29)27(24(31)25-18)12-15-9-10-20(34-15)23(30)32-3/h5-11H,4,12-13H2,1-3H3,(H,25,31). The number of furan rings is 1. The molecule has 10 nitrogen and oxygen atoms in total. The molecular weight excluding hydrogens is 442 g/mol. The third-order valence-electron chi connectivity index (χ3n) is 5.49. The van der Waals surface area contributed by atoms with Crippen LogP contribution in [0.2, 0.25) is 0 Å². The highest BCUT2D eigenvalue weighted by molar-refractivity contribution is 6.14. The van der Waals surface area contributed by atoms with Gasteiger partial charge in [0.1, 0.15) is 18.0 Å². The minimum atomic E-state index is -0.654. The molecule has 3 amide bonds. The average Bonchev–Trinajstić information content (AvgIpc) is 3.47. The first-order valence-electron chi connectivity index (χ1n) is 10.6. The lowest BCUT2D eigenvalue weighted by molar-refractivity contribution is -0.143. The van der Waals surface area contributed by atoms with Crippen molar-refractivity contribution in [3.63, 3.8) is 0 Å². The Morgan fingerprint density at radius 1 is 1.15 bits per heavy atom. The average molecular weight is 465 g/mol. The summed E-state index contributed by atoms with van der Waals surface area (Å²) in [5.41, 5.74) is 2.35. The number of para-hydroxylation sites is 1. The maximum absolute atomic E-state index is 13.0. The van der Waals surface area contributed by atoms with Gasteiger partial charge in [-0.3, -0.25) is 14.5 Å². The molecule has 0 atom stereocenters. The predicted octanol–water partition coefficient (Wildman–Crippen LogP) is 2.99. The number of fused-ring (bicyclic) bond motifs is 1. The zero-order chi connectivity index (χ0) is 24.4. The molecule has 0 spiro atoms. The molecule has 0 unspecified atom stereocenters. The molecule has 0 bridgehead atoms. The fourth-order valence-corrected chi connectivity index (χ4v) is 3.87. The van der Waals surface area contributed by atoms with E-state index < -0.39 is 17.9 Å². The summed E-state index contributed by atoms with van der Waals surface area (Å²) in [6.07, 6.45) is 1.60. The molecule has 0 saturated carbocycles. The van der Waals surface area contributed by atoms with E-state index in [9.17, 15) is 19.2 Å². The smallest absolute Gasteiger partial charge is 0.373 e. The summed E-state index contributed by atoms with van der Waals surface area (Å²) in [6.45, 7) is 3.73. The zero-order valence-electron chi connectivity index (χ0n) is 18.9. The van der Waals surface area contributed by atoms with E-state index in [-0.39, 0.29) is 42.9 Å². The fourth-order valence-electron chi connectivity index (χ4n) is 3.87. The Kier molecular flexibility index (Phi) is 6.22. The topological polar surface area (TPSA) is 120 Å². The lowest BCUT2D eigenvalue weighted by atomic mass is 10.1. The number of hydrogen-bond acceptors (Lipinski definition) is 7. The zero-order valence-corrected chi connectivity index (χ0v) is 18.9. The van der Waals surface area contributed by atoms with Crippen molar-refractivity contribution in [2.45, 2.75) is 26.9 Å². The molecule has 2 aromatic heterocycles. The summed E-state index contributed by atoms with van der Waals surface area (Å²) in [5.74, 6) is -1.33. The molecule has 176 valence electrons. The summed E-state index contributed by atoms with van der Waals surface area (Å²) < 4.78 is 16.9. The Morgan fingerprint density at radius 3 is 2.65 bits per heavy atom. The quantitative estimate of drug-likeness (QED) is 0.324. The summed E-state index contributed by atoms with van der Waals surface area (Å²) in [4.78, 5) is 50.2. The number of hydrogen-bond donors (Lipinski definition) is 1. The normalized spacial score (nSPS) is 14.7. The van der Waals surface area contributed by atoms with Gasteiger partial charge in [0.25, 0.3) is 5.91 Å². The van der Waals surface area contributed by atoms with E-state index in [0.29, 0.717) is 5.56 Å². The van der Waals surface area contributed by atoms with Gasteiger partial charge in [0.05, 0.1) is 20.3 Å². The van der Waals surface area contributed by atoms with Crippen molar-refractivity contribution in [2.24, 2.45) is 0 Å². The number of urea groups is 1. The van der Waals surface area contributed by atoms with Crippen molar-refractivity contribution in [3.05, 3.63) is 64.9 Å². The second kappa shape index (κ2) is 9.26. The van der Waals surface area contributed by atoms with Gasteiger partial charge in [-0.15, -0.1) is 0 Å². The molecule has 34 heavy (non-hydrogen) atoms. The van der Waals surface area contributed by atoms with Crippen LogP contribution in [0.5, 0.6) is 0 Å². The molecule has 1 aliphatic rings. The number of carbonyl (C=O) groups is 4. The molecule has 1 fully saturated rings. The highest BCUT2D eigenvalue weighted by atomic mass is 16.5. The van der Waals surface area contributed by atoms with Gasteiger partial charge >= 0.3 is 18.0 Å². The Hall–Kier alpha value is -4.34. The SMILES string of the molecule is CCOC(=O)Cn1c(C)c(C=C2NC(=O)N(Cc3ccc(C(=O)OC)o3)C2=O)c2ccccc21. The van der Waals surface area contributed by atoms with Crippen LogP contribution in [0.15, 0.2) is 46.5 Å². The van der Waals surface area contributed by atoms with Gasteiger partial charge in [0.15, 0.2) is 0 Å². The van der Waals surface area contributed by atoms with E-state index in [1.54, 1.807) is 13.0 Å². The molecule has 3 aromatic rings. The number of nitrogens with one attached hydrogen (secondary N) is 1. The first-order valence-corrected chi connectivity index (χ1v) is 10.6. The highest BCUT2D eigenvalue weighted by Crippen LogP contribution is 2.29. The maximum atomic E-state index is 13.0. The molecule has 3 heterocycles. The molecule has 1 saturated heterocycles. The number of amides is 3. The van der Waals surface area contributed by atoms with E-state index in [1.165, 1.54) is 19.2 Å². The monoisotopic (exact) mass is 465 g/mol. The summed E-state index contributed by atoms with van der Waals surface area (Å²) >= 11 is 0. The van der Waals surface area contributed by atoms with Crippen molar-refractivity contribution < 1.29 is 33.1 Å². The van der Waals surface area contributed by atoms with Crippen LogP contribution >= 0.6 is 0 Å². The number of nitrogens with zero attached hydrogens (tertiary/aromatic N) is 2. The third-order valence-corrected chi connectivity index (χ3v) is 5.49. The highest BCUT2D eigenvalue weighted by Gasteiger charge is 2.35. The van der Waals surface area contributed by atoms with Crippen molar-refractivity contribution in [2.75, 3.05) is 13.7 Å². The second-order valence-electron chi connectivity index (χ2n) is 7.54. The molecule has 1 N–H and O–H groups in total. The van der Waals surface area contributed by atoms with Gasteiger partial charge in [-0.2, -0.15) is 0 Å². The molecule has 10 heteroatoms. The summed E-state index contributed by atoms with van der Waals surface area (Å²) in [7, 11) is 1.23. The number of carbonyl (C=O) groups excluding carboxylic acids is 4. The fraction of sp³-hybridized carbons (Fsp3) is 0.250. The van der Waals surface area contributed by atoms with Crippen LogP contribution in [0.1, 0.15) is 34.5 Å². The first kappa shape index (κ1) is 22.8. The van der Waals surface area contributed by atoms with Gasteiger partial charge in [-0.05, 0) is 38.1 Å². The Balaban J connectivity index is 1.64. The minimum absolute atomic E-state index is 0.0228. The molecule has 1 aromatic carbocycles. The predicted molar refractivity (Wildman–Crippen MR) is 120 cm³/mol. The Labute approximate surface area is 194 Å². The van der Waals surface area contributed by atoms with Crippen LogP contribution in [0.4, 0.5) is 4.79 Å². The number of aromatic nitrogens is 1. The van der Waals surface area contributed by atoms with Crippen molar-refractivity contribution >= 4 is 40.9 Å². The van der Waals surface area contributed by atoms with Gasteiger partial charge in [0.2, 0.25) is 5.76 Å². The lowest BCUT2D eigenvalue weighted by Gasteiger charge is -2.09. The molecule has 0 radical (unpaired) electrons. The van der Waals surface area contributed by atoms with E-state index in [1.807, 2.05) is 35.8 Å². The molecular formula is C24H23N3O7. The number of methoxy groups -OCH3 is 1. The number of esters is 2. The van der Waals surface area contributed by atoms with Crippen LogP contribution in [-0.4, -0.2) is 47.1 Å². The number of benzene rings is 1. The van der Waals surface area contributed by atoms with Gasteiger partial charge in [0, 0.05) is 22.2 Å². The number of ether oxygens (including phenoxy) is 2. The minimum Gasteiger partial charge on any atom is -0.465 e. The molecule has 4 rings (SSSR count). The number of rotatable bonds is 7. The summed E-state index contributed by atoms with van der Waals surface area (Å²) in [5, 5.41) is 3.41. The lowest BCUT2D eigenvalue weighted by Crippen LogP contribution is -2.30. The van der Waals surface area contributed by atoms with Crippen molar-refractivity contribution in [3.8, 4) is 0 Å². The first-order chi connectivity index (χ1) is 16.3. The van der Waals surface area contributed by atoms with Gasteiger partial charge < -0.3 is 23.8 Å². The van der Waals surface area contributed by atoms with E-state index in [0.717, 1.165) is 21.5 Å². The number of imide groups is 1. The Morgan fingerprint density at radius 2 is 1.91 bits per heavy atom. The van der Waals surface area contributed by atoms with E-state index >= 15 is 0 Å². The largest absolute Gasteiger partial charge is 0.465 e. The summed E-state index contributed by atoms with van der Waals surface area (Å²) in [6, 6.07) is 9.78. The Bertz CT molecular complexity index is 1330. The van der Waals surface area contributed by atoms with Crippen LogP contribution in [0.25, 0.3) is 17.0 Å². The second-order valence-corrected chi connectivity index (χ2v) is 7.54. The van der Waals surface area contributed by atoms with E-state index in [2.05, 4.69) is 10.1 Å². The van der Waals surface area contributed by atoms with Gasteiger partial charge in [-0.1, -0.05) is 18.2 Å². The van der Waals surface area contributed by atoms with Crippen LogP contribution in [0.3, 0.4) is 0 Å². The third kappa shape index (κ3) is 4.17. The van der Waals surface area contributed by atoms with E-state index in [4.69, 9.17) is 9.15 Å². The van der Waals surface area contributed by atoms with Crippen molar-refractivity contribution in [1.82, 2.24) is 14.8 Å². The molecule has 0 aliphatic carbocycles. The van der Waals surface area contributed by atoms with Gasteiger partial charge in [-0.25, -0.2) is 9.59 Å². The maximum Gasteiger partial charge on any atom is 0.373 e.